The molecular formula is C22H22ClN3O5S. The third kappa shape index (κ3) is 5.43. The van der Waals surface area contributed by atoms with Gasteiger partial charge in [0.1, 0.15) is 12.1 Å². The van der Waals surface area contributed by atoms with Crippen molar-refractivity contribution in [1.82, 2.24) is 10.8 Å². The van der Waals surface area contributed by atoms with E-state index in [0.717, 1.165) is 15.6 Å². The number of aliphatic hydroxyl groups is 1. The zero-order valence-corrected chi connectivity index (χ0v) is 18.4. The molecule has 3 atom stereocenters. The average molecular weight is 476 g/mol. The third-order valence-electron chi connectivity index (χ3n) is 5.05. The van der Waals surface area contributed by atoms with Crippen LogP contribution in [0, 0.1) is 5.92 Å². The van der Waals surface area contributed by atoms with Crippen molar-refractivity contribution in [2.75, 3.05) is 0 Å². The first-order valence-corrected chi connectivity index (χ1v) is 10.9. The summed E-state index contributed by atoms with van der Waals surface area (Å²) < 4.78 is 0.881. The van der Waals surface area contributed by atoms with E-state index in [2.05, 4.69) is 5.32 Å². The van der Waals surface area contributed by atoms with Crippen molar-refractivity contribution < 1.29 is 24.7 Å². The Morgan fingerprint density at radius 3 is 2.28 bits per heavy atom. The standard InChI is InChI=1S/C22H22ClN3O5S/c23-18-13-8-4-5-9-16(13)32-17(18)11-14(19(27)22(30)26-31)21(29)25-15(20(24)28)10-12-6-2-1-3-7-12/h1-9,14-15,19,27,31H,10-11H2,(H2,24,28)(H,25,29)(H,26,30)/t14-,15+,19+/m1/s1. The second kappa shape index (κ2) is 10.6. The van der Waals surface area contributed by atoms with Gasteiger partial charge in [-0.25, -0.2) is 5.48 Å². The van der Waals surface area contributed by atoms with Crippen LogP contribution in [0.15, 0.2) is 54.6 Å². The number of benzene rings is 2. The lowest BCUT2D eigenvalue weighted by Gasteiger charge is -2.23. The van der Waals surface area contributed by atoms with E-state index in [1.807, 2.05) is 30.3 Å². The van der Waals surface area contributed by atoms with Crippen LogP contribution in [0.4, 0.5) is 0 Å². The van der Waals surface area contributed by atoms with E-state index < -0.39 is 35.8 Å². The summed E-state index contributed by atoms with van der Waals surface area (Å²) in [5.74, 6) is -4.01. The fourth-order valence-electron chi connectivity index (χ4n) is 3.34. The number of primary amides is 1. The molecule has 6 N–H and O–H groups in total. The van der Waals surface area contributed by atoms with Gasteiger partial charge in [0, 0.05) is 21.4 Å². The van der Waals surface area contributed by atoms with Crippen LogP contribution in [0.3, 0.4) is 0 Å². The van der Waals surface area contributed by atoms with E-state index in [0.29, 0.717) is 9.90 Å². The Balaban J connectivity index is 1.86. The fraction of sp³-hybridized carbons (Fsp3) is 0.227. The minimum absolute atomic E-state index is 0.0879. The molecule has 32 heavy (non-hydrogen) atoms. The molecule has 1 aromatic heterocycles. The van der Waals surface area contributed by atoms with Crippen LogP contribution >= 0.6 is 22.9 Å². The molecule has 0 unspecified atom stereocenters. The van der Waals surface area contributed by atoms with E-state index in [1.54, 1.807) is 24.3 Å². The topological polar surface area (TPSA) is 142 Å². The van der Waals surface area contributed by atoms with Crippen LogP contribution in [-0.4, -0.2) is 40.2 Å². The molecule has 2 aromatic carbocycles. The number of nitrogens with two attached hydrogens (primary N) is 1. The lowest BCUT2D eigenvalue weighted by atomic mass is 9.94. The number of rotatable bonds is 9. The second-order valence-corrected chi connectivity index (χ2v) is 8.73. The third-order valence-corrected chi connectivity index (χ3v) is 6.78. The van der Waals surface area contributed by atoms with Crippen LogP contribution in [-0.2, 0) is 27.2 Å². The van der Waals surface area contributed by atoms with Gasteiger partial charge in [0.05, 0.1) is 10.9 Å². The molecule has 0 saturated carbocycles. The number of fused-ring (bicyclic) bond motifs is 1. The lowest BCUT2D eigenvalue weighted by Crippen LogP contribution is -2.52. The highest BCUT2D eigenvalue weighted by atomic mass is 35.5. The predicted molar refractivity (Wildman–Crippen MR) is 121 cm³/mol. The Hall–Kier alpha value is -2.98. The van der Waals surface area contributed by atoms with E-state index in [-0.39, 0.29) is 12.8 Å². The number of hydrogen-bond donors (Lipinski definition) is 5. The smallest absolute Gasteiger partial charge is 0.272 e. The molecule has 0 radical (unpaired) electrons. The molecule has 1 heterocycles. The Kier molecular flexibility index (Phi) is 7.81. The highest BCUT2D eigenvalue weighted by molar-refractivity contribution is 7.19. The summed E-state index contributed by atoms with van der Waals surface area (Å²) >= 11 is 7.79. The first-order valence-electron chi connectivity index (χ1n) is 9.73. The van der Waals surface area contributed by atoms with Gasteiger partial charge < -0.3 is 16.2 Å². The van der Waals surface area contributed by atoms with E-state index in [9.17, 15) is 19.5 Å². The molecule has 0 spiro atoms. The van der Waals surface area contributed by atoms with Crippen molar-refractivity contribution in [1.29, 1.82) is 0 Å². The Morgan fingerprint density at radius 1 is 1.00 bits per heavy atom. The number of carbonyl (C=O) groups is 3. The van der Waals surface area contributed by atoms with Gasteiger partial charge in [-0.1, -0.05) is 60.1 Å². The monoisotopic (exact) mass is 475 g/mol. The van der Waals surface area contributed by atoms with Crippen LogP contribution in [0.5, 0.6) is 0 Å². The predicted octanol–water partition coefficient (Wildman–Crippen LogP) is 1.79. The van der Waals surface area contributed by atoms with E-state index in [1.165, 1.54) is 16.8 Å². The molecule has 0 bridgehead atoms. The number of hydroxylamine groups is 1. The van der Waals surface area contributed by atoms with Gasteiger partial charge >= 0.3 is 0 Å². The van der Waals surface area contributed by atoms with Gasteiger partial charge in [0.2, 0.25) is 11.8 Å². The first kappa shape index (κ1) is 23.7. The molecule has 168 valence electrons. The molecule has 3 amide bonds. The van der Waals surface area contributed by atoms with Gasteiger partial charge in [-0.15, -0.1) is 11.3 Å². The number of amides is 3. The minimum atomic E-state index is -1.88. The lowest BCUT2D eigenvalue weighted by molar-refractivity contribution is -0.146. The molecule has 8 nitrogen and oxygen atoms in total. The van der Waals surface area contributed by atoms with Crippen molar-refractivity contribution in [3.05, 3.63) is 70.1 Å². The van der Waals surface area contributed by atoms with Crippen LogP contribution in [0.1, 0.15) is 10.4 Å². The zero-order valence-electron chi connectivity index (χ0n) is 16.8. The fourth-order valence-corrected chi connectivity index (χ4v) is 4.91. The maximum atomic E-state index is 13.1. The van der Waals surface area contributed by atoms with Gasteiger partial charge in [-0.2, -0.15) is 0 Å². The van der Waals surface area contributed by atoms with Crippen molar-refractivity contribution in [3.8, 4) is 0 Å². The Bertz CT molecular complexity index is 1120. The molecule has 0 aliphatic heterocycles. The number of hydrogen-bond acceptors (Lipinski definition) is 6. The van der Waals surface area contributed by atoms with Crippen LogP contribution in [0.25, 0.3) is 10.1 Å². The van der Waals surface area contributed by atoms with Crippen LogP contribution in [0.2, 0.25) is 5.02 Å². The SMILES string of the molecule is NC(=O)[C@H](Cc1ccccc1)NC(=O)[C@H](Cc1sc2ccccc2c1Cl)[C@H](O)C(=O)NO. The van der Waals surface area contributed by atoms with Gasteiger partial charge in [0.25, 0.3) is 5.91 Å². The molecule has 10 heteroatoms. The molecule has 0 fully saturated rings. The quantitative estimate of drug-likeness (QED) is 0.237. The van der Waals surface area contributed by atoms with Crippen molar-refractivity contribution >= 4 is 50.7 Å². The van der Waals surface area contributed by atoms with E-state index >= 15 is 0 Å². The largest absolute Gasteiger partial charge is 0.382 e. The Morgan fingerprint density at radius 2 is 1.66 bits per heavy atom. The van der Waals surface area contributed by atoms with Crippen molar-refractivity contribution in [3.63, 3.8) is 0 Å². The number of halogens is 1. The normalized spacial score (nSPS) is 13.8. The summed E-state index contributed by atoms with van der Waals surface area (Å²) in [7, 11) is 0. The zero-order chi connectivity index (χ0) is 23.3. The molecule has 0 saturated heterocycles. The number of carbonyl (C=O) groups excluding carboxylic acids is 3. The van der Waals surface area contributed by atoms with Gasteiger partial charge in [-0.05, 0) is 18.1 Å². The highest BCUT2D eigenvalue weighted by Crippen LogP contribution is 2.37. The summed E-state index contributed by atoms with van der Waals surface area (Å²) in [6.07, 6.45) is -1.83. The van der Waals surface area contributed by atoms with Gasteiger partial charge in [-0.3, -0.25) is 19.6 Å². The van der Waals surface area contributed by atoms with Crippen molar-refractivity contribution in [2.45, 2.75) is 25.0 Å². The number of aliphatic hydroxyl groups excluding tert-OH is 1. The molecular weight excluding hydrogens is 454 g/mol. The average Bonchev–Trinajstić information content (AvgIpc) is 3.12. The Labute approximate surface area is 193 Å². The molecule has 3 aromatic rings. The summed E-state index contributed by atoms with van der Waals surface area (Å²) in [5, 5.41) is 23.1. The first-order chi connectivity index (χ1) is 15.3. The highest BCUT2D eigenvalue weighted by Gasteiger charge is 2.35. The minimum Gasteiger partial charge on any atom is -0.382 e. The van der Waals surface area contributed by atoms with Crippen molar-refractivity contribution in [2.24, 2.45) is 11.7 Å². The van der Waals surface area contributed by atoms with Gasteiger partial charge in [0.15, 0.2) is 0 Å². The summed E-state index contributed by atoms with van der Waals surface area (Å²) in [5.41, 5.74) is 7.59. The molecule has 3 rings (SSSR count). The summed E-state index contributed by atoms with van der Waals surface area (Å²) in [4.78, 5) is 37.5. The maximum Gasteiger partial charge on any atom is 0.272 e. The second-order valence-electron chi connectivity index (χ2n) is 7.22. The van der Waals surface area contributed by atoms with Crippen LogP contribution < -0.4 is 16.5 Å². The number of thiophene rings is 1. The number of nitrogens with one attached hydrogen (secondary N) is 2. The van der Waals surface area contributed by atoms with E-state index in [4.69, 9.17) is 22.5 Å². The molecule has 0 aliphatic rings. The maximum absolute atomic E-state index is 13.1. The molecule has 0 aliphatic carbocycles. The summed E-state index contributed by atoms with van der Waals surface area (Å²) in [6, 6.07) is 15.3. The summed E-state index contributed by atoms with van der Waals surface area (Å²) in [6.45, 7) is 0.